The van der Waals surface area contributed by atoms with Crippen LogP contribution in [0.2, 0.25) is 0 Å². The molecule has 4 heterocycles. The van der Waals surface area contributed by atoms with Gasteiger partial charge in [0.05, 0.1) is 97.0 Å². The van der Waals surface area contributed by atoms with Crippen LogP contribution < -0.4 is 30.3 Å². The minimum atomic E-state index is -2.03. The molecule has 29 heteroatoms. The molecule has 0 aromatic heterocycles. The Morgan fingerprint density at radius 2 is 1.62 bits per heavy atom. The fourth-order valence-electron chi connectivity index (χ4n) is 11.0. The number of benzene rings is 1. The highest BCUT2D eigenvalue weighted by Gasteiger charge is 2.53. The molecule has 7 aliphatic rings. The third-order valence-electron chi connectivity index (χ3n) is 15.5. The highest BCUT2D eigenvalue weighted by molar-refractivity contribution is 14.1. The van der Waals surface area contributed by atoms with Crippen LogP contribution in [0.5, 0.6) is 17.2 Å². The number of likely N-dealkylation sites (N-methyl/N-ethyl adjacent to an activating group) is 1. The SMILES string of the molecule is CCN[C@H]1COC(O[C@H]2[C@H](OC3C#C/C=C\C4(SSSC)C#C[C@]5(O)CC(=O)C(NC(=O)OC)=C3C5=CC4)O[C@H](C)[C@@H](NO[C@H]3CC(O)[C@H](SC(=O)c4c(C)c(I)c(O[C@@H]5O[C@@H](C)[C@H](O)[C@@H](OC)[C@H]5O)c(OC)c4OC)[C@@H](C)O3)[C@@H]2O)C[C@@H]1OC. The molecule has 470 valence electrons. The van der Waals surface area contributed by atoms with Gasteiger partial charge in [-0.15, -0.1) is 0 Å². The lowest BCUT2D eigenvalue weighted by atomic mass is 9.75. The number of thioether (sulfide) groups is 1. The van der Waals surface area contributed by atoms with E-state index in [1.54, 1.807) is 47.0 Å². The van der Waals surface area contributed by atoms with Crippen molar-refractivity contribution in [3.8, 4) is 40.9 Å². The average Bonchev–Trinajstić information content (AvgIpc) is 2.49. The van der Waals surface area contributed by atoms with Gasteiger partial charge in [-0.2, -0.15) is 5.48 Å². The first-order valence-corrected chi connectivity index (χ1v) is 33.3. The fourth-order valence-corrected chi connectivity index (χ4v) is 16.1. The molecule has 8 N–H and O–H groups in total. The number of methoxy groups -OCH3 is 5. The van der Waals surface area contributed by atoms with Crippen molar-refractivity contribution in [2.24, 2.45) is 0 Å². The number of amides is 1. The number of alkyl carbamates (subject to hydrolysis) is 1. The van der Waals surface area contributed by atoms with Crippen LogP contribution in [-0.4, -0.2) is 217 Å². The van der Waals surface area contributed by atoms with Crippen molar-refractivity contribution in [1.29, 1.82) is 0 Å². The minimum absolute atomic E-state index is 0.00633. The van der Waals surface area contributed by atoms with Crippen molar-refractivity contribution in [2.45, 2.75) is 180 Å². The quantitative estimate of drug-likeness (QED) is 0.0379. The van der Waals surface area contributed by atoms with Crippen LogP contribution in [0.25, 0.3) is 0 Å². The van der Waals surface area contributed by atoms with Crippen LogP contribution in [0, 0.1) is 34.2 Å². The summed E-state index contributed by atoms with van der Waals surface area (Å²) in [5.74, 6) is 11.8. The predicted molar refractivity (Wildman–Crippen MR) is 322 cm³/mol. The van der Waals surface area contributed by atoms with E-state index in [2.05, 4.69) is 39.8 Å². The molecule has 85 heavy (non-hydrogen) atoms. The lowest BCUT2D eigenvalue weighted by Crippen LogP contribution is -2.65. The second-order valence-electron chi connectivity index (χ2n) is 20.9. The number of rotatable bonds is 21. The number of aliphatic hydroxyl groups is 5. The van der Waals surface area contributed by atoms with E-state index in [4.69, 9.17) is 61.7 Å². The lowest BCUT2D eigenvalue weighted by Gasteiger charge is -2.46. The first-order chi connectivity index (χ1) is 40.6. The van der Waals surface area contributed by atoms with Crippen molar-refractivity contribution in [3.63, 3.8) is 0 Å². The summed E-state index contributed by atoms with van der Waals surface area (Å²) in [7, 11) is 11.3. The number of carbonyl (C=O) groups excluding carboxylic acids is 3. The Morgan fingerprint density at radius 1 is 0.882 bits per heavy atom. The summed E-state index contributed by atoms with van der Waals surface area (Å²) in [5, 5.41) is 62.9. The third-order valence-corrected chi connectivity index (χ3v) is 22.5. The van der Waals surface area contributed by atoms with Gasteiger partial charge < -0.3 is 87.7 Å². The number of carbonyl (C=O) groups is 3. The number of ether oxygens (including phenoxy) is 12. The number of halogens is 1. The van der Waals surface area contributed by atoms with Crippen molar-refractivity contribution in [3.05, 3.63) is 49.8 Å². The van der Waals surface area contributed by atoms with E-state index in [1.165, 1.54) is 52.7 Å². The van der Waals surface area contributed by atoms with Crippen molar-refractivity contribution in [2.75, 3.05) is 55.0 Å². The van der Waals surface area contributed by atoms with Gasteiger partial charge in [0.1, 0.15) is 41.4 Å². The highest BCUT2D eigenvalue weighted by Crippen LogP contribution is 2.51. The summed E-state index contributed by atoms with van der Waals surface area (Å²) >= 11 is 2.83. The molecular weight excluding hydrogens is 1310 g/mol. The van der Waals surface area contributed by atoms with Crippen LogP contribution in [-0.2, 0) is 52.3 Å². The number of aliphatic hydroxyl groups excluding tert-OH is 4. The summed E-state index contributed by atoms with van der Waals surface area (Å²) in [5.41, 5.74) is 1.40. The van der Waals surface area contributed by atoms with E-state index in [0.29, 0.717) is 15.7 Å². The van der Waals surface area contributed by atoms with Crippen LogP contribution >= 0.6 is 65.8 Å². The van der Waals surface area contributed by atoms with Gasteiger partial charge >= 0.3 is 6.09 Å². The van der Waals surface area contributed by atoms with Gasteiger partial charge in [0.15, 0.2) is 41.8 Å². The number of hydrogen-bond acceptors (Lipinski definition) is 27. The van der Waals surface area contributed by atoms with Crippen LogP contribution in [0.1, 0.15) is 69.3 Å². The number of allylic oxidation sites excluding steroid dienone is 3. The van der Waals surface area contributed by atoms with Gasteiger partial charge in [0, 0.05) is 38.2 Å². The van der Waals surface area contributed by atoms with Gasteiger partial charge in [-0.25, -0.2) is 4.79 Å². The molecule has 1 aromatic carbocycles. The lowest BCUT2D eigenvalue weighted by molar-refractivity contribution is -0.336. The Labute approximate surface area is 523 Å². The average molecular weight is 1380 g/mol. The van der Waals surface area contributed by atoms with Crippen molar-refractivity contribution in [1.82, 2.24) is 16.1 Å². The molecule has 1 amide bonds. The molecule has 0 saturated carbocycles. The van der Waals surface area contributed by atoms with Gasteiger partial charge in [0.25, 0.3) is 0 Å². The second-order valence-corrected chi connectivity index (χ2v) is 27.7. The summed E-state index contributed by atoms with van der Waals surface area (Å²) in [4.78, 5) is 47.7. The Hall–Kier alpha value is -2.94. The zero-order valence-electron chi connectivity index (χ0n) is 48.6. The molecule has 3 aliphatic carbocycles. The van der Waals surface area contributed by atoms with E-state index >= 15 is 0 Å². The summed E-state index contributed by atoms with van der Waals surface area (Å²) in [6, 6.07) is -1.26. The smallest absolute Gasteiger partial charge is 0.411 e. The molecule has 0 spiro atoms. The molecule has 24 nitrogen and oxygen atoms in total. The number of nitrogens with one attached hydrogen (secondary N) is 3. The van der Waals surface area contributed by atoms with Gasteiger partial charge in [-0.05, 0) is 97.0 Å². The van der Waals surface area contributed by atoms with Gasteiger partial charge in [-0.3, -0.25) is 19.7 Å². The van der Waals surface area contributed by atoms with E-state index in [9.17, 15) is 39.9 Å². The number of hydrogen-bond donors (Lipinski definition) is 8. The molecule has 4 unspecified atom stereocenters. The van der Waals surface area contributed by atoms with Crippen molar-refractivity contribution >= 4 is 82.8 Å². The molecule has 0 radical (unpaired) electrons. The van der Waals surface area contributed by atoms with Crippen LogP contribution in [0.4, 0.5) is 4.79 Å². The molecule has 4 saturated heterocycles. The topological polar surface area (TPSA) is 308 Å². The normalized spacial score (nSPS) is 37.5. The van der Waals surface area contributed by atoms with Gasteiger partial charge in [-0.1, -0.05) is 70.0 Å². The Morgan fingerprint density at radius 3 is 2.29 bits per heavy atom. The maximum Gasteiger partial charge on any atom is 0.411 e. The molecule has 4 aliphatic heterocycles. The largest absolute Gasteiger partial charge is 0.492 e. The number of ketones is 1. The summed E-state index contributed by atoms with van der Waals surface area (Å²) in [6.45, 7) is 9.43. The summed E-state index contributed by atoms with van der Waals surface area (Å²) in [6.07, 6.45) is -10.9. The van der Waals surface area contributed by atoms with E-state index in [-0.39, 0.29) is 77.7 Å². The number of Topliss-reactive ketones (excluding diaryl/α,β-unsaturated/α-hetero) is 1. The zero-order chi connectivity index (χ0) is 61.7. The molecule has 1 aromatic rings. The molecule has 8 rings (SSSR count). The van der Waals surface area contributed by atoms with E-state index in [0.717, 1.165) is 18.9 Å². The Bertz CT molecular complexity index is 2820. The Balaban J connectivity index is 1.02. The van der Waals surface area contributed by atoms with Crippen molar-refractivity contribution < 1.29 is 102 Å². The monoisotopic (exact) mass is 1380 g/mol. The van der Waals surface area contributed by atoms with Crippen LogP contribution in [0.3, 0.4) is 0 Å². The first kappa shape index (κ1) is 68.0. The Kier molecular flexibility index (Phi) is 23.8. The maximum atomic E-state index is 14.4. The number of hydroxylamine groups is 1. The van der Waals surface area contributed by atoms with E-state index < -0.39 is 131 Å². The summed E-state index contributed by atoms with van der Waals surface area (Å²) < 4.78 is 71.8. The highest BCUT2D eigenvalue weighted by atomic mass is 127. The van der Waals surface area contributed by atoms with E-state index in [1.807, 2.05) is 41.8 Å². The predicted octanol–water partition coefficient (Wildman–Crippen LogP) is 3.34. The molecule has 20 atom stereocenters. The number of fused-ring (bicyclic) bond motifs is 2. The molecule has 2 bridgehead atoms. The maximum absolute atomic E-state index is 14.4. The molecular formula is C56H74IN3O21S4. The molecule has 4 fully saturated rings. The minimum Gasteiger partial charge on any atom is -0.492 e. The zero-order valence-corrected chi connectivity index (χ0v) is 54.1. The third kappa shape index (κ3) is 14.8. The van der Waals surface area contributed by atoms with Crippen LogP contribution in [0.15, 0.2) is 35.1 Å². The standard InChI is InChI=1S/C56H74IN3O21S4/c1-12-58-30-24-74-35(22-34(30)69-6)79-48-43(64)40(26(3)76-53(48)78-33-15-13-14-17-55(84-85-82-11)18-16-29-38(33)41(59-54(67)73-10)32(62)23-56(29,68)20-19-55)60-81-36-21-31(61)50(28(5)75-36)83-51(66)37-25(2)39(57)46(49(72-9)45(37)70-7)80-52-44(65)47(71-8)42(63)27(4)77-52/h14,16-17,26-28,30-31,33-36,40,42-44,47-48,50,52-53,58,60-61,63-65,68H,12,18,21-24H2,1-11H3,(H,59,67)/b17-14-/t26-,27+,28-,30+,31?,33?,34+,35?,36+,40-,42+,43+,44-,47-,48-,50-,52+,53+,55?,56+/m1/s1. The first-order valence-electron chi connectivity index (χ1n) is 27.4. The fraction of sp³-hybridized carbons (Fsp3) is 0.661. The second kappa shape index (κ2) is 29.8. The van der Waals surface area contributed by atoms with Gasteiger partial charge in [0.2, 0.25) is 17.2 Å².